The Morgan fingerprint density at radius 2 is 1.70 bits per heavy atom. The zero-order valence-electron chi connectivity index (χ0n) is 16.9. The van der Waals surface area contributed by atoms with E-state index in [9.17, 15) is 0 Å². The predicted octanol–water partition coefficient (Wildman–Crippen LogP) is 5.89. The smallest absolute Gasteiger partial charge is 0.0958 e. The fourth-order valence-corrected chi connectivity index (χ4v) is 4.97. The molecule has 4 aromatic rings. The van der Waals surface area contributed by atoms with Crippen molar-refractivity contribution in [2.24, 2.45) is 0 Å². The van der Waals surface area contributed by atoms with Crippen LogP contribution in [0.1, 0.15) is 29.0 Å². The lowest BCUT2D eigenvalue weighted by molar-refractivity contribution is 0.606. The van der Waals surface area contributed by atoms with Crippen molar-refractivity contribution in [1.82, 2.24) is 14.9 Å². The normalized spacial score (nSPS) is 15.4. The Morgan fingerprint density at radius 3 is 2.37 bits per heavy atom. The molecule has 0 atom stereocenters. The number of fused-ring (bicyclic) bond motifs is 1. The predicted molar refractivity (Wildman–Crippen MR) is 128 cm³/mol. The zero-order valence-corrected chi connectivity index (χ0v) is 17.7. The number of thioether (sulfide) groups is 1. The van der Waals surface area contributed by atoms with Gasteiger partial charge in [0.2, 0.25) is 0 Å². The van der Waals surface area contributed by atoms with E-state index in [1.807, 2.05) is 18.1 Å². The van der Waals surface area contributed by atoms with Crippen LogP contribution in [0.4, 0.5) is 0 Å². The molecule has 30 heavy (non-hydrogen) atoms. The van der Waals surface area contributed by atoms with E-state index in [4.69, 9.17) is 0 Å². The third-order valence-electron chi connectivity index (χ3n) is 5.69. The van der Waals surface area contributed by atoms with Crippen LogP contribution in [0, 0.1) is 0 Å². The fourth-order valence-electron chi connectivity index (χ4n) is 4.15. The van der Waals surface area contributed by atoms with Crippen molar-refractivity contribution in [1.29, 1.82) is 0 Å². The lowest BCUT2D eigenvalue weighted by atomic mass is 9.88. The standard InChI is InChI=1S/C26H25N3S/c1-3-7-21(8-4-1)24(22-9-5-2-6-10-22)13-14-29-18-28-25-12-11-20(16-26(25)29)15-23-17-27-19-30-23/h1-12,15-16,18,24,27H,13-14,17,19H2. The molecule has 0 saturated carbocycles. The van der Waals surface area contributed by atoms with Gasteiger partial charge in [-0.25, -0.2) is 4.98 Å². The summed E-state index contributed by atoms with van der Waals surface area (Å²) in [7, 11) is 0. The fraction of sp³-hybridized carbons (Fsp3) is 0.192. The van der Waals surface area contributed by atoms with Gasteiger partial charge in [-0.1, -0.05) is 66.7 Å². The molecule has 0 amide bonds. The third-order valence-corrected chi connectivity index (χ3v) is 6.68. The van der Waals surface area contributed by atoms with Crippen LogP contribution in [-0.2, 0) is 6.54 Å². The van der Waals surface area contributed by atoms with Gasteiger partial charge in [0.05, 0.1) is 17.4 Å². The van der Waals surface area contributed by atoms with Gasteiger partial charge in [-0.2, -0.15) is 0 Å². The van der Waals surface area contributed by atoms with Gasteiger partial charge >= 0.3 is 0 Å². The maximum absolute atomic E-state index is 4.64. The molecular weight excluding hydrogens is 386 g/mol. The maximum atomic E-state index is 4.64. The Hall–Kier alpha value is -2.82. The molecule has 0 unspecified atom stereocenters. The first-order valence-electron chi connectivity index (χ1n) is 10.5. The minimum Gasteiger partial charge on any atom is -0.331 e. The minimum atomic E-state index is 0.371. The molecule has 0 bridgehead atoms. The molecule has 1 fully saturated rings. The number of aromatic nitrogens is 2. The molecule has 3 nitrogen and oxygen atoms in total. The topological polar surface area (TPSA) is 29.9 Å². The van der Waals surface area contributed by atoms with E-state index in [2.05, 4.69) is 99.8 Å². The summed E-state index contributed by atoms with van der Waals surface area (Å²) in [6.45, 7) is 1.90. The first-order chi connectivity index (χ1) is 14.9. The van der Waals surface area contributed by atoms with Crippen LogP contribution in [0.15, 0.2) is 90.1 Å². The third kappa shape index (κ3) is 4.20. The molecule has 1 aliphatic rings. The quantitative estimate of drug-likeness (QED) is 0.429. The summed E-state index contributed by atoms with van der Waals surface area (Å²) in [6, 6.07) is 28.2. The van der Waals surface area contributed by atoms with E-state index in [0.29, 0.717) is 5.92 Å². The molecule has 150 valence electrons. The second-order valence-corrected chi connectivity index (χ2v) is 8.78. The maximum Gasteiger partial charge on any atom is 0.0958 e. The first-order valence-corrected chi connectivity index (χ1v) is 11.4. The number of nitrogens with zero attached hydrogens (tertiary/aromatic N) is 2. The average molecular weight is 412 g/mol. The van der Waals surface area contributed by atoms with Gasteiger partial charge in [-0.05, 0) is 41.3 Å². The van der Waals surface area contributed by atoms with Crippen molar-refractivity contribution < 1.29 is 0 Å². The number of nitrogens with one attached hydrogen (secondary N) is 1. The van der Waals surface area contributed by atoms with E-state index >= 15 is 0 Å². The Morgan fingerprint density at radius 1 is 0.967 bits per heavy atom. The molecule has 1 aromatic heterocycles. The van der Waals surface area contributed by atoms with E-state index in [0.717, 1.165) is 30.9 Å². The van der Waals surface area contributed by atoms with Crippen molar-refractivity contribution >= 4 is 28.9 Å². The monoisotopic (exact) mass is 411 g/mol. The van der Waals surface area contributed by atoms with Crippen molar-refractivity contribution in [3.05, 3.63) is 107 Å². The number of hydrogen-bond donors (Lipinski definition) is 1. The van der Waals surface area contributed by atoms with E-state index < -0.39 is 0 Å². The molecule has 0 radical (unpaired) electrons. The van der Waals surface area contributed by atoms with E-state index in [-0.39, 0.29) is 0 Å². The summed E-state index contributed by atoms with van der Waals surface area (Å²) < 4.78 is 2.30. The van der Waals surface area contributed by atoms with Crippen molar-refractivity contribution in [2.75, 3.05) is 12.4 Å². The molecule has 3 aromatic carbocycles. The molecule has 1 aliphatic heterocycles. The highest BCUT2D eigenvalue weighted by Gasteiger charge is 2.15. The van der Waals surface area contributed by atoms with Gasteiger partial charge in [0, 0.05) is 29.8 Å². The summed E-state index contributed by atoms with van der Waals surface area (Å²) in [5, 5.41) is 3.38. The van der Waals surface area contributed by atoms with Crippen LogP contribution in [0.5, 0.6) is 0 Å². The van der Waals surface area contributed by atoms with Crippen LogP contribution >= 0.6 is 11.8 Å². The highest BCUT2D eigenvalue weighted by molar-refractivity contribution is 8.03. The van der Waals surface area contributed by atoms with Crippen LogP contribution in [0.25, 0.3) is 17.1 Å². The summed E-state index contributed by atoms with van der Waals surface area (Å²) in [5.74, 6) is 1.38. The lowest BCUT2D eigenvalue weighted by Gasteiger charge is -2.18. The lowest BCUT2D eigenvalue weighted by Crippen LogP contribution is -2.06. The van der Waals surface area contributed by atoms with Crippen LogP contribution in [0.3, 0.4) is 0 Å². The number of hydrogen-bond acceptors (Lipinski definition) is 3. The average Bonchev–Trinajstić information content (AvgIpc) is 3.45. The van der Waals surface area contributed by atoms with Gasteiger partial charge in [-0.15, -0.1) is 11.8 Å². The van der Waals surface area contributed by atoms with E-state index in [1.165, 1.54) is 27.1 Å². The van der Waals surface area contributed by atoms with Crippen LogP contribution in [-0.4, -0.2) is 22.0 Å². The van der Waals surface area contributed by atoms with Gasteiger partial charge < -0.3 is 9.88 Å². The summed E-state index contributed by atoms with van der Waals surface area (Å²) >= 11 is 1.89. The van der Waals surface area contributed by atoms with Gasteiger partial charge in [-0.3, -0.25) is 0 Å². The van der Waals surface area contributed by atoms with Crippen molar-refractivity contribution in [2.45, 2.75) is 18.9 Å². The molecule has 4 heteroatoms. The number of imidazole rings is 1. The SMILES string of the molecule is C(=C1CNCS1)c1ccc2ncn(CCC(c3ccccc3)c3ccccc3)c2c1. The van der Waals surface area contributed by atoms with E-state index in [1.54, 1.807) is 0 Å². The van der Waals surface area contributed by atoms with Crippen molar-refractivity contribution in [3.8, 4) is 0 Å². The molecule has 2 heterocycles. The summed E-state index contributed by atoms with van der Waals surface area (Å²) in [6.07, 6.45) is 5.31. The summed E-state index contributed by atoms with van der Waals surface area (Å²) in [4.78, 5) is 6.04. The Bertz CT molecular complexity index is 1100. The molecule has 5 rings (SSSR count). The van der Waals surface area contributed by atoms with Gasteiger partial charge in [0.1, 0.15) is 0 Å². The van der Waals surface area contributed by atoms with Gasteiger partial charge in [0.15, 0.2) is 0 Å². The Kier molecular flexibility index (Phi) is 5.69. The molecule has 0 spiro atoms. The minimum absolute atomic E-state index is 0.371. The van der Waals surface area contributed by atoms with Crippen LogP contribution < -0.4 is 5.32 Å². The molecule has 0 aliphatic carbocycles. The highest BCUT2D eigenvalue weighted by Crippen LogP contribution is 2.29. The number of benzene rings is 3. The van der Waals surface area contributed by atoms with Crippen molar-refractivity contribution in [3.63, 3.8) is 0 Å². The number of aryl methyl sites for hydroxylation is 1. The second-order valence-electron chi connectivity index (χ2n) is 7.67. The first kappa shape index (κ1) is 19.2. The Balaban J connectivity index is 1.42. The summed E-state index contributed by atoms with van der Waals surface area (Å²) in [5.41, 5.74) is 6.25. The largest absolute Gasteiger partial charge is 0.331 e. The zero-order chi connectivity index (χ0) is 20.2. The van der Waals surface area contributed by atoms with Gasteiger partial charge in [0.25, 0.3) is 0 Å². The number of rotatable bonds is 6. The molecule has 1 saturated heterocycles. The molecular formula is C26H25N3S. The Labute approximate surface area is 181 Å². The highest BCUT2D eigenvalue weighted by atomic mass is 32.2. The second kappa shape index (κ2) is 8.90. The van der Waals surface area contributed by atoms with Crippen LogP contribution in [0.2, 0.25) is 0 Å². The molecule has 1 N–H and O–H groups in total.